The van der Waals surface area contributed by atoms with Crippen molar-refractivity contribution in [3.05, 3.63) is 63.9 Å². The molecule has 0 aromatic heterocycles. The molecule has 0 saturated heterocycles. The van der Waals surface area contributed by atoms with Gasteiger partial charge >= 0.3 is 5.97 Å². The predicted octanol–water partition coefficient (Wildman–Crippen LogP) is 3.89. The Morgan fingerprint density at radius 1 is 1.17 bits per heavy atom. The second-order valence-electron chi connectivity index (χ2n) is 5.02. The highest BCUT2D eigenvalue weighted by Crippen LogP contribution is 2.19. The lowest BCUT2D eigenvalue weighted by Crippen LogP contribution is -2.21. The van der Waals surface area contributed by atoms with Gasteiger partial charge in [-0.25, -0.2) is 9.18 Å². The maximum absolute atomic E-state index is 13.0. The Morgan fingerprint density at radius 2 is 1.83 bits per heavy atom. The van der Waals surface area contributed by atoms with Crippen LogP contribution in [0.2, 0.25) is 5.02 Å². The highest BCUT2D eigenvalue weighted by Gasteiger charge is 2.13. The van der Waals surface area contributed by atoms with Crippen LogP contribution in [0.3, 0.4) is 0 Å². The number of carbonyl (C=O) groups excluding carboxylic acids is 2. The van der Waals surface area contributed by atoms with Crippen molar-refractivity contribution in [1.29, 1.82) is 0 Å². The van der Waals surface area contributed by atoms with Gasteiger partial charge in [0.05, 0.1) is 10.6 Å². The van der Waals surface area contributed by atoms with Crippen LogP contribution in [0, 0.1) is 19.7 Å². The summed E-state index contributed by atoms with van der Waals surface area (Å²) in [4.78, 5) is 23.7. The van der Waals surface area contributed by atoms with Gasteiger partial charge in [0.25, 0.3) is 5.91 Å². The topological polar surface area (TPSA) is 55.4 Å². The molecule has 0 atom stereocenters. The first-order chi connectivity index (χ1) is 10.9. The second-order valence-corrected chi connectivity index (χ2v) is 5.43. The number of aryl methyl sites for hydroxylation is 2. The Kier molecular flexibility index (Phi) is 5.34. The number of halogens is 2. The van der Waals surface area contributed by atoms with E-state index in [0.29, 0.717) is 5.69 Å². The third-order valence-electron chi connectivity index (χ3n) is 3.24. The van der Waals surface area contributed by atoms with Crippen molar-refractivity contribution in [2.24, 2.45) is 0 Å². The van der Waals surface area contributed by atoms with Crippen LogP contribution in [0.4, 0.5) is 10.1 Å². The first-order valence-corrected chi connectivity index (χ1v) is 7.24. The van der Waals surface area contributed by atoms with Gasteiger partial charge in [-0.3, -0.25) is 4.79 Å². The van der Waals surface area contributed by atoms with E-state index >= 15 is 0 Å². The van der Waals surface area contributed by atoms with E-state index in [2.05, 4.69) is 5.32 Å². The quantitative estimate of drug-likeness (QED) is 0.862. The molecule has 1 N–H and O–H groups in total. The summed E-state index contributed by atoms with van der Waals surface area (Å²) in [7, 11) is 0. The average Bonchev–Trinajstić information content (AvgIpc) is 2.51. The van der Waals surface area contributed by atoms with Crippen LogP contribution < -0.4 is 5.32 Å². The minimum atomic E-state index is -0.747. The van der Waals surface area contributed by atoms with Crippen LogP contribution in [-0.2, 0) is 9.53 Å². The highest BCUT2D eigenvalue weighted by molar-refractivity contribution is 6.31. The first-order valence-electron chi connectivity index (χ1n) is 6.86. The minimum Gasteiger partial charge on any atom is -0.452 e. The van der Waals surface area contributed by atoms with Crippen LogP contribution in [0.15, 0.2) is 36.4 Å². The molecule has 23 heavy (non-hydrogen) atoms. The number of carbonyl (C=O) groups is 2. The Hall–Kier alpha value is -2.40. The van der Waals surface area contributed by atoms with Gasteiger partial charge in [0.1, 0.15) is 5.82 Å². The van der Waals surface area contributed by atoms with E-state index in [4.69, 9.17) is 16.3 Å². The summed E-state index contributed by atoms with van der Waals surface area (Å²) in [5, 5.41) is 2.52. The van der Waals surface area contributed by atoms with Crippen LogP contribution in [0.1, 0.15) is 21.5 Å². The second kappa shape index (κ2) is 7.24. The summed E-state index contributed by atoms with van der Waals surface area (Å²) < 4.78 is 18.0. The van der Waals surface area contributed by atoms with Crippen molar-refractivity contribution in [1.82, 2.24) is 0 Å². The van der Waals surface area contributed by atoms with Crippen LogP contribution in [0.25, 0.3) is 0 Å². The molecule has 0 saturated carbocycles. The SMILES string of the molecule is Cc1cccc(C)c1NC(=O)COC(=O)c1ccc(F)c(Cl)c1. The van der Waals surface area contributed by atoms with E-state index < -0.39 is 24.3 Å². The minimum absolute atomic E-state index is 0.0799. The smallest absolute Gasteiger partial charge is 0.338 e. The molecule has 1 amide bonds. The molecule has 120 valence electrons. The third kappa shape index (κ3) is 4.29. The Morgan fingerprint density at radius 3 is 2.43 bits per heavy atom. The van der Waals surface area contributed by atoms with Gasteiger partial charge in [-0.05, 0) is 43.2 Å². The molecular formula is C17H15ClFNO3. The van der Waals surface area contributed by atoms with Crippen molar-refractivity contribution in [2.75, 3.05) is 11.9 Å². The predicted molar refractivity (Wildman–Crippen MR) is 86.2 cm³/mol. The van der Waals surface area contributed by atoms with Gasteiger partial charge in [0, 0.05) is 5.69 Å². The number of rotatable bonds is 4. The van der Waals surface area contributed by atoms with E-state index in [-0.39, 0.29) is 10.6 Å². The van der Waals surface area contributed by atoms with Crippen molar-refractivity contribution in [3.63, 3.8) is 0 Å². The Bertz CT molecular complexity index is 741. The fourth-order valence-electron chi connectivity index (χ4n) is 2.02. The Labute approximate surface area is 138 Å². The van der Waals surface area contributed by atoms with Gasteiger partial charge < -0.3 is 10.1 Å². The molecule has 0 aliphatic heterocycles. The van der Waals surface area contributed by atoms with Gasteiger partial charge in [-0.1, -0.05) is 29.8 Å². The van der Waals surface area contributed by atoms with E-state index in [1.807, 2.05) is 32.0 Å². The summed E-state index contributed by atoms with van der Waals surface area (Å²) in [6.07, 6.45) is 0. The average molecular weight is 336 g/mol. The number of amides is 1. The fraction of sp³-hybridized carbons (Fsp3) is 0.176. The molecule has 0 aliphatic rings. The van der Waals surface area contributed by atoms with E-state index in [0.717, 1.165) is 23.3 Å². The lowest BCUT2D eigenvalue weighted by atomic mass is 10.1. The van der Waals surface area contributed by atoms with E-state index in [1.165, 1.54) is 6.07 Å². The molecular weight excluding hydrogens is 321 g/mol. The van der Waals surface area contributed by atoms with Crippen LogP contribution in [-0.4, -0.2) is 18.5 Å². The normalized spacial score (nSPS) is 10.3. The summed E-state index contributed by atoms with van der Waals surface area (Å²) >= 11 is 5.60. The molecule has 0 radical (unpaired) electrons. The number of anilines is 1. The number of esters is 1. The summed E-state index contributed by atoms with van der Waals surface area (Å²) in [6, 6.07) is 9.09. The van der Waals surface area contributed by atoms with Crippen molar-refractivity contribution < 1.29 is 18.7 Å². The molecule has 0 fully saturated rings. The zero-order chi connectivity index (χ0) is 17.0. The number of nitrogens with one attached hydrogen (secondary N) is 1. The third-order valence-corrected chi connectivity index (χ3v) is 3.52. The number of para-hydroxylation sites is 1. The molecule has 2 aromatic carbocycles. The van der Waals surface area contributed by atoms with Gasteiger partial charge in [0.2, 0.25) is 0 Å². The van der Waals surface area contributed by atoms with Gasteiger partial charge in [-0.15, -0.1) is 0 Å². The van der Waals surface area contributed by atoms with Crippen molar-refractivity contribution in [3.8, 4) is 0 Å². The highest BCUT2D eigenvalue weighted by atomic mass is 35.5. The van der Waals surface area contributed by atoms with E-state index in [9.17, 15) is 14.0 Å². The maximum Gasteiger partial charge on any atom is 0.338 e. The summed E-state index contributed by atoms with van der Waals surface area (Å²) in [6.45, 7) is 3.30. The first kappa shape index (κ1) is 17.0. The van der Waals surface area contributed by atoms with Gasteiger partial charge in [0.15, 0.2) is 6.61 Å². The summed E-state index contributed by atoms with van der Waals surface area (Å²) in [5.41, 5.74) is 2.60. The zero-order valence-electron chi connectivity index (χ0n) is 12.7. The monoisotopic (exact) mass is 335 g/mol. The summed E-state index contributed by atoms with van der Waals surface area (Å²) in [5.74, 6) is -1.83. The Balaban J connectivity index is 1.96. The standard InChI is InChI=1S/C17H15ClFNO3/c1-10-4-3-5-11(2)16(10)20-15(21)9-23-17(22)12-6-7-14(19)13(18)8-12/h3-8H,9H2,1-2H3,(H,20,21). The molecule has 0 aliphatic carbocycles. The molecule has 0 spiro atoms. The molecule has 0 heterocycles. The fourth-order valence-corrected chi connectivity index (χ4v) is 2.21. The number of ether oxygens (including phenoxy) is 1. The van der Waals surface area contributed by atoms with Crippen molar-refractivity contribution >= 4 is 29.2 Å². The maximum atomic E-state index is 13.0. The molecule has 2 rings (SSSR count). The lowest BCUT2D eigenvalue weighted by Gasteiger charge is -2.11. The number of hydrogen-bond acceptors (Lipinski definition) is 3. The van der Waals surface area contributed by atoms with Gasteiger partial charge in [-0.2, -0.15) is 0 Å². The largest absolute Gasteiger partial charge is 0.452 e. The number of hydrogen-bond donors (Lipinski definition) is 1. The zero-order valence-corrected chi connectivity index (χ0v) is 13.4. The lowest BCUT2D eigenvalue weighted by molar-refractivity contribution is -0.119. The molecule has 2 aromatic rings. The molecule has 0 unspecified atom stereocenters. The van der Waals surface area contributed by atoms with Crippen LogP contribution in [0.5, 0.6) is 0 Å². The number of benzene rings is 2. The van der Waals surface area contributed by atoms with Crippen molar-refractivity contribution in [2.45, 2.75) is 13.8 Å². The molecule has 0 bridgehead atoms. The molecule has 4 nitrogen and oxygen atoms in total. The molecule has 6 heteroatoms. The van der Waals surface area contributed by atoms with E-state index in [1.54, 1.807) is 0 Å². The van der Waals surface area contributed by atoms with Crippen LogP contribution >= 0.6 is 11.6 Å².